The Morgan fingerprint density at radius 3 is 2.42 bits per heavy atom. The first-order valence-electron chi connectivity index (χ1n) is 6.04. The molecule has 7 heteroatoms. The molecule has 0 saturated carbocycles. The Labute approximate surface area is 135 Å². The zero-order chi connectivity index (χ0) is 13.9. The van der Waals surface area contributed by atoms with E-state index in [2.05, 4.69) is 0 Å². The van der Waals surface area contributed by atoms with Crippen molar-refractivity contribution in [3.63, 3.8) is 0 Å². The third-order valence-corrected chi connectivity index (χ3v) is 2.92. The van der Waals surface area contributed by atoms with Crippen molar-refractivity contribution in [2.24, 2.45) is 11.8 Å². The first-order chi connectivity index (χ1) is 8.24. The van der Waals surface area contributed by atoms with Crippen molar-refractivity contribution < 1.29 is 54.1 Å². The maximum atomic E-state index is 11.8. The number of carbonyl (C=O) groups excluding carboxylic acids is 2. The van der Waals surface area contributed by atoms with Crippen molar-refractivity contribution in [2.45, 2.75) is 32.8 Å². The van der Waals surface area contributed by atoms with Crippen molar-refractivity contribution in [3.05, 3.63) is 0 Å². The third-order valence-electron chi connectivity index (χ3n) is 2.92. The van der Waals surface area contributed by atoms with Gasteiger partial charge in [-0.05, 0) is 27.2 Å². The minimum atomic E-state index is -1.17. The summed E-state index contributed by atoms with van der Waals surface area (Å²) >= 11 is 0. The molecular formula is C12H20NNaO5. The van der Waals surface area contributed by atoms with Crippen LogP contribution in [-0.4, -0.2) is 47.4 Å². The molecule has 1 aliphatic heterocycles. The van der Waals surface area contributed by atoms with Crippen LogP contribution in [-0.2, 0) is 9.53 Å². The minimum Gasteiger partial charge on any atom is -0.550 e. The number of aliphatic hydroxyl groups is 1. The Morgan fingerprint density at radius 1 is 1.42 bits per heavy atom. The van der Waals surface area contributed by atoms with Crippen LogP contribution < -0.4 is 34.7 Å². The van der Waals surface area contributed by atoms with E-state index in [0.29, 0.717) is 6.54 Å². The van der Waals surface area contributed by atoms with Gasteiger partial charge in [-0.25, -0.2) is 4.79 Å². The number of carbonyl (C=O) groups is 2. The maximum absolute atomic E-state index is 11.8. The zero-order valence-electron chi connectivity index (χ0n) is 12.0. The monoisotopic (exact) mass is 281 g/mol. The van der Waals surface area contributed by atoms with Crippen molar-refractivity contribution in [3.8, 4) is 0 Å². The molecule has 6 nitrogen and oxygen atoms in total. The number of carboxylic acids is 1. The molecule has 1 rings (SSSR count). The summed E-state index contributed by atoms with van der Waals surface area (Å²) in [4.78, 5) is 24.1. The van der Waals surface area contributed by atoms with Crippen molar-refractivity contribution in [1.82, 2.24) is 4.90 Å². The Balaban J connectivity index is 0.00000324. The third kappa shape index (κ3) is 5.69. The fourth-order valence-electron chi connectivity index (χ4n) is 2.02. The zero-order valence-corrected chi connectivity index (χ0v) is 14.0. The number of hydrogen-bond donors (Lipinski definition) is 1. The number of likely N-dealkylation sites (tertiary alicyclic amines) is 1. The number of hydrogen-bond acceptors (Lipinski definition) is 5. The number of piperidine rings is 1. The molecule has 0 bridgehead atoms. The second kappa shape index (κ2) is 7.47. The van der Waals surface area contributed by atoms with E-state index < -0.39 is 29.5 Å². The van der Waals surface area contributed by atoms with Crippen LogP contribution in [0.1, 0.15) is 27.2 Å². The van der Waals surface area contributed by atoms with Gasteiger partial charge in [-0.2, -0.15) is 0 Å². The second-order valence-electron chi connectivity index (χ2n) is 5.58. The molecule has 0 aromatic carbocycles. The average Bonchev–Trinajstić information content (AvgIpc) is 2.25. The summed E-state index contributed by atoms with van der Waals surface area (Å²) < 4.78 is 5.21. The first kappa shape index (κ1) is 18.7. The summed E-state index contributed by atoms with van der Waals surface area (Å²) in [6.45, 7) is 5.51. The van der Waals surface area contributed by atoms with Crippen LogP contribution in [0.5, 0.6) is 0 Å². The number of aliphatic carboxylic acids is 1. The molecule has 19 heavy (non-hydrogen) atoms. The van der Waals surface area contributed by atoms with E-state index in [1.807, 2.05) is 0 Å². The smallest absolute Gasteiger partial charge is 0.550 e. The van der Waals surface area contributed by atoms with Gasteiger partial charge in [0, 0.05) is 37.5 Å². The van der Waals surface area contributed by atoms with Gasteiger partial charge >= 0.3 is 35.7 Å². The molecular weight excluding hydrogens is 261 g/mol. The summed E-state index contributed by atoms with van der Waals surface area (Å²) in [5, 5.41) is 20.0. The average molecular weight is 281 g/mol. The molecule has 104 valence electrons. The van der Waals surface area contributed by atoms with E-state index in [1.165, 1.54) is 4.90 Å². The first-order valence-corrected chi connectivity index (χ1v) is 6.04. The molecule has 0 spiro atoms. The number of rotatable bonds is 2. The summed E-state index contributed by atoms with van der Waals surface area (Å²) in [6.07, 6.45) is -0.190. The van der Waals surface area contributed by atoms with E-state index in [-0.39, 0.29) is 49.1 Å². The number of aliphatic hydroxyl groups excluding tert-OH is 1. The predicted molar refractivity (Wildman–Crippen MR) is 61.5 cm³/mol. The van der Waals surface area contributed by atoms with Crippen LogP contribution in [0.3, 0.4) is 0 Å². The molecule has 0 aromatic rings. The van der Waals surface area contributed by atoms with Crippen LogP contribution in [0.25, 0.3) is 0 Å². The largest absolute Gasteiger partial charge is 1.00 e. The summed E-state index contributed by atoms with van der Waals surface area (Å²) in [7, 11) is 0. The van der Waals surface area contributed by atoms with Crippen LogP contribution >= 0.6 is 0 Å². The Hall–Kier alpha value is -0.300. The van der Waals surface area contributed by atoms with Crippen molar-refractivity contribution in [2.75, 3.05) is 19.7 Å². The molecule has 2 atom stereocenters. The van der Waals surface area contributed by atoms with E-state index in [9.17, 15) is 19.8 Å². The van der Waals surface area contributed by atoms with E-state index >= 15 is 0 Å². The van der Waals surface area contributed by atoms with Crippen LogP contribution in [0.15, 0.2) is 0 Å². The van der Waals surface area contributed by atoms with Gasteiger partial charge in [-0.1, -0.05) is 0 Å². The molecule has 1 saturated heterocycles. The molecule has 1 aliphatic rings. The predicted octanol–water partition coefficient (Wildman–Crippen LogP) is -3.39. The molecule has 1 N–H and O–H groups in total. The molecule has 0 aromatic heterocycles. The topological polar surface area (TPSA) is 89.9 Å². The van der Waals surface area contributed by atoms with Gasteiger partial charge in [0.15, 0.2) is 0 Å². The van der Waals surface area contributed by atoms with Crippen molar-refractivity contribution in [1.29, 1.82) is 0 Å². The normalized spacial score (nSPS) is 23.5. The fraction of sp³-hybridized carbons (Fsp3) is 0.833. The van der Waals surface area contributed by atoms with Crippen molar-refractivity contribution >= 4 is 12.1 Å². The van der Waals surface area contributed by atoms with Gasteiger partial charge in [0.1, 0.15) is 5.60 Å². The maximum Gasteiger partial charge on any atom is 1.00 e. The SMILES string of the molecule is CC(C)(C)OC(=O)N1CC[C@H](C(=O)[O-])[C@H](CO)C1.[Na+]. The number of nitrogens with zero attached hydrogens (tertiary/aromatic N) is 1. The standard InChI is InChI=1S/C12H21NO5.Na/c1-12(2,3)18-11(17)13-5-4-9(10(15)16)8(6-13)7-14;/h8-9,14H,4-7H2,1-3H3,(H,15,16);/q;+1/p-1/t8-,9-;/m0./s1. The minimum absolute atomic E-state index is 0. The molecule has 0 aliphatic carbocycles. The van der Waals surface area contributed by atoms with Gasteiger partial charge in [-0.3, -0.25) is 0 Å². The van der Waals surface area contributed by atoms with Gasteiger partial charge in [0.05, 0.1) is 0 Å². The Kier molecular flexibility index (Phi) is 7.36. The Morgan fingerprint density at radius 2 is 2.00 bits per heavy atom. The quantitative estimate of drug-likeness (QED) is 0.533. The van der Waals surface area contributed by atoms with Gasteiger partial charge < -0.3 is 24.6 Å². The molecule has 1 fully saturated rings. The molecule has 1 amide bonds. The van der Waals surface area contributed by atoms with E-state index in [1.54, 1.807) is 20.8 Å². The number of amides is 1. The van der Waals surface area contributed by atoms with Crippen LogP contribution in [0.2, 0.25) is 0 Å². The fourth-order valence-corrected chi connectivity index (χ4v) is 2.02. The van der Waals surface area contributed by atoms with E-state index in [0.717, 1.165) is 0 Å². The molecule has 1 heterocycles. The van der Waals surface area contributed by atoms with Crippen LogP contribution in [0, 0.1) is 11.8 Å². The van der Waals surface area contributed by atoms with Gasteiger partial charge in [0.25, 0.3) is 0 Å². The summed E-state index contributed by atoms with van der Waals surface area (Å²) in [5.74, 6) is -2.36. The molecule has 0 radical (unpaired) electrons. The van der Waals surface area contributed by atoms with E-state index in [4.69, 9.17) is 4.74 Å². The molecule has 0 unspecified atom stereocenters. The van der Waals surface area contributed by atoms with Crippen LogP contribution in [0.4, 0.5) is 4.79 Å². The summed E-state index contributed by atoms with van der Waals surface area (Å²) in [6, 6.07) is 0. The number of carboxylic acid groups (broad SMARTS) is 1. The van der Waals surface area contributed by atoms with Gasteiger partial charge in [0.2, 0.25) is 0 Å². The number of ether oxygens (including phenoxy) is 1. The Bertz CT molecular complexity index is 329. The van der Waals surface area contributed by atoms with Gasteiger partial charge in [-0.15, -0.1) is 0 Å². The summed E-state index contributed by atoms with van der Waals surface area (Å²) in [5.41, 5.74) is -0.586. The second-order valence-corrected chi connectivity index (χ2v) is 5.58.